The summed E-state index contributed by atoms with van der Waals surface area (Å²) < 4.78 is 9.69. The molecule has 0 amide bonds. The zero-order chi connectivity index (χ0) is 16.8. The first kappa shape index (κ1) is 17.5. The van der Waals surface area contributed by atoms with Crippen LogP contribution in [0.25, 0.3) is 0 Å². The largest absolute Gasteiger partial charge is 0.469 e. The van der Waals surface area contributed by atoms with E-state index in [4.69, 9.17) is 9.47 Å². The molecule has 0 spiro atoms. The van der Waals surface area contributed by atoms with Gasteiger partial charge < -0.3 is 9.47 Å². The van der Waals surface area contributed by atoms with Crippen molar-refractivity contribution in [3.05, 3.63) is 35.9 Å². The molecule has 5 heteroatoms. The standard InChI is InChI=1S/C18H25NO4/c1-13(14-7-5-4-6-8-14)19-12-11-15(18(21)23-3)16(19)9-10-17(20)22-2/h4-8,13,15-16H,9-12H2,1-3H3/t13-,15+,16+/m0/s1. The molecule has 23 heavy (non-hydrogen) atoms. The molecule has 1 aliphatic heterocycles. The number of carbonyl (C=O) groups excluding carboxylic acids is 2. The molecule has 0 N–H and O–H groups in total. The highest BCUT2D eigenvalue weighted by Crippen LogP contribution is 2.35. The molecule has 1 saturated heterocycles. The monoisotopic (exact) mass is 319 g/mol. The molecule has 0 aliphatic carbocycles. The van der Waals surface area contributed by atoms with Crippen molar-refractivity contribution in [2.45, 2.75) is 38.3 Å². The predicted octanol–water partition coefficient (Wildman–Crippen LogP) is 2.56. The molecule has 1 fully saturated rings. The molecule has 0 saturated carbocycles. The van der Waals surface area contributed by atoms with Gasteiger partial charge in [-0.1, -0.05) is 30.3 Å². The van der Waals surface area contributed by atoms with Crippen molar-refractivity contribution < 1.29 is 19.1 Å². The Bertz CT molecular complexity index is 531. The van der Waals surface area contributed by atoms with Crippen molar-refractivity contribution in [1.82, 2.24) is 4.90 Å². The van der Waals surface area contributed by atoms with Gasteiger partial charge in [0.05, 0.1) is 20.1 Å². The molecule has 126 valence electrons. The Balaban J connectivity index is 2.15. The third-order valence-corrected chi connectivity index (χ3v) is 4.74. The average molecular weight is 319 g/mol. The summed E-state index contributed by atoms with van der Waals surface area (Å²) in [5.41, 5.74) is 1.21. The summed E-state index contributed by atoms with van der Waals surface area (Å²) >= 11 is 0. The van der Waals surface area contributed by atoms with Gasteiger partial charge in [0, 0.05) is 18.5 Å². The predicted molar refractivity (Wildman–Crippen MR) is 86.7 cm³/mol. The lowest BCUT2D eigenvalue weighted by Crippen LogP contribution is -2.38. The van der Waals surface area contributed by atoms with Crippen molar-refractivity contribution in [1.29, 1.82) is 0 Å². The van der Waals surface area contributed by atoms with Crippen LogP contribution in [0.4, 0.5) is 0 Å². The molecule has 0 bridgehead atoms. The van der Waals surface area contributed by atoms with Crippen LogP contribution in [0.15, 0.2) is 30.3 Å². The molecular weight excluding hydrogens is 294 g/mol. The van der Waals surface area contributed by atoms with Crippen LogP contribution in [0, 0.1) is 5.92 Å². The summed E-state index contributed by atoms with van der Waals surface area (Å²) in [6, 6.07) is 10.4. The van der Waals surface area contributed by atoms with Gasteiger partial charge in [-0.2, -0.15) is 0 Å². The van der Waals surface area contributed by atoms with Gasteiger partial charge in [0.2, 0.25) is 0 Å². The minimum absolute atomic E-state index is 0.00300. The summed E-state index contributed by atoms with van der Waals surface area (Å²) in [6.07, 6.45) is 1.67. The molecule has 5 nitrogen and oxygen atoms in total. The highest BCUT2D eigenvalue weighted by atomic mass is 16.5. The van der Waals surface area contributed by atoms with E-state index in [9.17, 15) is 9.59 Å². The van der Waals surface area contributed by atoms with E-state index in [-0.39, 0.29) is 29.9 Å². The van der Waals surface area contributed by atoms with Gasteiger partial charge in [-0.15, -0.1) is 0 Å². The van der Waals surface area contributed by atoms with Crippen molar-refractivity contribution in [2.24, 2.45) is 5.92 Å². The van der Waals surface area contributed by atoms with Crippen LogP contribution in [-0.4, -0.2) is 43.6 Å². The first-order valence-corrected chi connectivity index (χ1v) is 8.03. The fourth-order valence-electron chi connectivity index (χ4n) is 3.44. The number of esters is 2. The van der Waals surface area contributed by atoms with E-state index in [1.165, 1.54) is 19.8 Å². The highest BCUT2D eigenvalue weighted by molar-refractivity contribution is 5.74. The summed E-state index contributed by atoms with van der Waals surface area (Å²) in [7, 11) is 2.81. The van der Waals surface area contributed by atoms with Crippen LogP contribution >= 0.6 is 0 Å². The number of likely N-dealkylation sites (tertiary alicyclic amines) is 1. The van der Waals surface area contributed by atoms with Crippen molar-refractivity contribution in [3.8, 4) is 0 Å². The van der Waals surface area contributed by atoms with Crippen LogP contribution < -0.4 is 0 Å². The third-order valence-electron chi connectivity index (χ3n) is 4.74. The quantitative estimate of drug-likeness (QED) is 0.754. The number of carbonyl (C=O) groups is 2. The van der Waals surface area contributed by atoms with E-state index in [0.717, 1.165) is 13.0 Å². The molecular formula is C18H25NO4. The Hall–Kier alpha value is -1.88. The molecule has 0 unspecified atom stereocenters. The Morgan fingerprint density at radius 2 is 1.91 bits per heavy atom. The number of hydrogen-bond donors (Lipinski definition) is 0. The van der Waals surface area contributed by atoms with E-state index in [1.807, 2.05) is 18.2 Å². The molecule has 1 aliphatic rings. The smallest absolute Gasteiger partial charge is 0.310 e. The van der Waals surface area contributed by atoms with Gasteiger partial charge in [-0.05, 0) is 31.9 Å². The second-order valence-corrected chi connectivity index (χ2v) is 5.92. The van der Waals surface area contributed by atoms with Crippen molar-refractivity contribution >= 4 is 11.9 Å². The number of ether oxygens (including phenoxy) is 2. The van der Waals surface area contributed by atoms with E-state index in [0.29, 0.717) is 12.8 Å². The fraction of sp³-hybridized carbons (Fsp3) is 0.556. The molecule has 0 aromatic heterocycles. The lowest BCUT2D eigenvalue weighted by Gasteiger charge is -2.32. The van der Waals surface area contributed by atoms with E-state index < -0.39 is 0 Å². The number of rotatable bonds is 6. The number of methoxy groups -OCH3 is 2. The summed E-state index contributed by atoms with van der Waals surface area (Å²) in [6.45, 7) is 2.96. The van der Waals surface area contributed by atoms with Crippen LogP contribution in [-0.2, 0) is 19.1 Å². The zero-order valence-corrected chi connectivity index (χ0v) is 14.0. The van der Waals surface area contributed by atoms with Gasteiger partial charge in [0.15, 0.2) is 0 Å². The minimum atomic E-state index is -0.243. The number of nitrogens with zero attached hydrogens (tertiary/aromatic N) is 1. The maximum Gasteiger partial charge on any atom is 0.310 e. The Kier molecular flexibility index (Phi) is 6.16. The second-order valence-electron chi connectivity index (χ2n) is 5.92. The van der Waals surface area contributed by atoms with E-state index in [2.05, 4.69) is 24.0 Å². The van der Waals surface area contributed by atoms with Gasteiger partial charge in [0.1, 0.15) is 0 Å². The first-order valence-electron chi connectivity index (χ1n) is 8.03. The first-order chi connectivity index (χ1) is 11.1. The van der Waals surface area contributed by atoms with Gasteiger partial charge >= 0.3 is 11.9 Å². The summed E-state index contributed by atoms with van der Waals surface area (Å²) in [5, 5.41) is 0. The maximum atomic E-state index is 12.1. The minimum Gasteiger partial charge on any atom is -0.469 e. The lowest BCUT2D eigenvalue weighted by molar-refractivity contribution is -0.147. The fourth-order valence-corrected chi connectivity index (χ4v) is 3.44. The molecule has 1 aromatic rings. The summed E-state index contributed by atoms with van der Waals surface area (Å²) in [5.74, 6) is -0.619. The van der Waals surface area contributed by atoms with Crippen LogP contribution in [0.5, 0.6) is 0 Å². The Labute approximate surface area is 137 Å². The zero-order valence-electron chi connectivity index (χ0n) is 14.0. The molecule has 0 radical (unpaired) electrons. The van der Waals surface area contributed by atoms with E-state index >= 15 is 0 Å². The average Bonchev–Trinajstić information content (AvgIpc) is 3.02. The van der Waals surface area contributed by atoms with Crippen LogP contribution in [0.1, 0.15) is 37.8 Å². The molecule has 2 rings (SSSR count). The highest BCUT2D eigenvalue weighted by Gasteiger charge is 2.41. The maximum absolute atomic E-state index is 12.1. The molecule has 1 aromatic carbocycles. The molecule has 1 heterocycles. The number of hydrogen-bond acceptors (Lipinski definition) is 5. The lowest BCUT2D eigenvalue weighted by atomic mass is 9.95. The second kappa shape index (κ2) is 8.11. The van der Waals surface area contributed by atoms with Crippen LogP contribution in [0.2, 0.25) is 0 Å². The van der Waals surface area contributed by atoms with Crippen molar-refractivity contribution in [2.75, 3.05) is 20.8 Å². The Morgan fingerprint density at radius 1 is 1.22 bits per heavy atom. The number of benzene rings is 1. The Morgan fingerprint density at radius 3 is 2.52 bits per heavy atom. The van der Waals surface area contributed by atoms with Crippen LogP contribution in [0.3, 0.4) is 0 Å². The molecule has 3 atom stereocenters. The topological polar surface area (TPSA) is 55.8 Å². The summed E-state index contributed by atoms with van der Waals surface area (Å²) in [4.78, 5) is 25.9. The van der Waals surface area contributed by atoms with Gasteiger partial charge in [-0.3, -0.25) is 14.5 Å². The normalized spacial score (nSPS) is 22.6. The van der Waals surface area contributed by atoms with Gasteiger partial charge in [0.25, 0.3) is 0 Å². The third kappa shape index (κ3) is 4.10. The van der Waals surface area contributed by atoms with Crippen molar-refractivity contribution in [3.63, 3.8) is 0 Å². The van der Waals surface area contributed by atoms with E-state index in [1.54, 1.807) is 0 Å². The SMILES string of the molecule is COC(=O)CC[C@@H]1[C@H](C(=O)OC)CCN1[C@@H](C)c1ccccc1. The van der Waals surface area contributed by atoms with Gasteiger partial charge in [-0.25, -0.2) is 0 Å².